The van der Waals surface area contributed by atoms with E-state index in [9.17, 15) is 4.79 Å². The van der Waals surface area contributed by atoms with E-state index in [4.69, 9.17) is 0 Å². The maximum atomic E-state index is 12.1. The van der Waals surface area contributed by atoms with Gasteiger partial charge < -0.3 is 9.80 Å². The summed E-state index contributed by atoms with van der Waals surface area (Å²) in [6, 6.07) is 10.3. The van der Waals surface area contributed by atoms with Crippen LogP contribution in [0.25, 0.3) is 10.9 Å². The lowest BCUT2D eigenvalue weighted by molar-refractivity contribution is -0.133. The summed E-state index contributed by atoms with van der Waals surface area (Å²) in [5.74, 6) is 0.429. The van der Waals surface area contributed by atoms with Gasteiger partial charge in [0.15, 0.2) is 0 Å². The van der Waals surface area contributed by atoms with Gasteiger partial charge in [0.25, 0.3) is 0 Å². The Labute approximate surface area is 125 Å². The van der Waals surface area contributed by atoms with Crippen LogP contribution in [0.2, 0.25) is 0 Å². The molecule has 2 aromatic rings. The standard InChI is InChI=1S/C17H21N3O/c1-19(2)17(21)13-8-11-20(12-9-13)16-7-10-18-15-6-4-3-5-14(15)16/h3-7,10,13H,8-9,11-12H2,1-2H3. The van der Waals surface area contributed by atoms with Crippen molar-refractivity contribution in [2.75, 3.05) is 32.1 Å². The first kappa shape index (κ1) is 13.9. The second-order valence-electron chi connectivity index (χ2n) is 5.84. The molecule has 1 aliphatic rings. The van der Waals surface area contributed by atoms with E-state index in [1.807, 2.05) is 32.4 Å². The van der Waals surface area contributed by atoms with Crippen molar-refractivity contribution in [3.63, 3.8) is 0 Å². The van der Waals surface area contributed by atoms with Crippen LogP contribution in [0, 0.1) is 5.92 Å². The summed E-state index contributed by atoms with van der Waals surface area (Å²) in [5.41, 5.74) is 2.26. The Bertz CT molecular complexity index is 640. The number of hydrogen-bond acceptors (Lipinski definition) is 3. The molecule has 0 saturated carbocycles. The fraction of sp³-hybridized carbons (Fsp3) is 0.412. The highest BCUT2D eigenvalue weighted by Crippen LogP contribution is 2.29. The SMILES string of the molecule is CN(C)C(=O)C1CCN(c2ccnc3ccccc23)CC1. The van der Waals surface area contributed by atoms with Gasteiger partial charge in [-0.15, -0.1) is 0 Å². The predicted molar refractivity (Wildman–Crippen MR) is 85.4 cm³/mol. The van der Waals surface area contributed by atoms with Crippen LogP contribution in [0.3, 0.4) is 0 Å². The van der Waals surface area contributed by atoms with Gasteiger partial charge in [-0.3, -0.25) is 9.78 Å². The highest BCUT2D eigenvalue weighted by atomic mass is 16.2. The second-order valence-corrected chi connectivity index (χ2v) is 5.84. The van der Waals surface area contributed by atoms with Crippen LogP contribution in [0.5, 0.6) is 0 Å². The van der Waals surface area contributed by atoms with Crippen molar-refractivity contribution < 1.29 is 4.79 Å². The number of hydrogen-bond donors (Lipinski definition) is 0. The van der Waals surface area contributed by atoms with Crippen LogP contribution in [-0.2, 0) is 4.79 Å². The first-order valence-electron chi connectivity index (χ1n) is 7.46. The normalized spacial score (nSPS) is 16.2. The zero-order valence-corrected chi connectivity index (χ0v) is 12.6. The summed E-state index contributed by atoms with van der Waals surface area (Å²) >= 11 is 0. The molecule has 1 aromatic heterocycles. The van der Waals surface area contributed by atoms with Crippen molar-refractivity contribution in [1.82, 2.24) is 9.88 Å². The molecule has 1 amide bonds. The molecule has 4 nitrogen and oxygen atoms in total. The first-order chi connectivity index (χ1) is 10.2. The van der Waals surface area contributed by atoms with Gasteiger partial charge in [-0.25, -0.2) is 0 Å². The van der Waals surface area contributed by atoms with E-state index in [0.29, 0.717) is 0 Å². The third-order valence-corrected chi connectivity index (χ3v) is 4.25. The predicted octanol–water partition coefficient (Wildman–Crippen LogP) is 2.54. The maximum Gasteiger partial charge on any atom is 0.225 e. The number of fused-ring (bicyclic) bond motifs is 1. The van der Waals surface area contributed by atoms with Crippen LogP contribution in [0.1, 0.15) is 12.8 Å². The molecule has 21 heavy (non-hydrogen) atoms. The summed E-state index contributed by atoms with van der Waals surface area (Å²) in [6.07, 6.45) is 3.72. The van der Waals surface area contributed by atoms with Gasteiger partial charge in [-0.05, 0) is 25.0 Å². The van der Waals surface area contributed by atoms with Crippen molar-refractivity contribution in [3.05, 3.63) is 36.5 Å². The number of anilines is 1. The van der Waals surface area contributed by atoms with Crippen molar-refractivity contribution in [2.24, 2.45) is 5.92 Å². The minimum atomic E-state index is 0.171. The summed E-state index contributed by atoms with van der Waals surface area (Å²) in [5, 5.41) is 1.19. The lowest BCUT2D eigenvalue weighted by Crippen LogP contribution is -2.40. The lowest BCUT2D eigenvalue weighted by atomic mass is 9.95. The van der Waals surface area contributed by atoms with Crippen molar-refractivity contribution in [3.8, 4) is 0 Å². The van der Waals surface area contributed by atoms with E-state index >= 15 is 0 Å². The molecule has 0 bridgehead atoms. The monoisotopic (exact) mass is 283 g/mol. The van der Waals surface area contributed by atoms with Gasteiger partial charge in [0.05, 0.1) is 5.52 Å². The molecule has 0 atom stereocenters. The molecule has 1 fully saturated rings. The molecule has 0 spiro atoms. The van der Waals surface area contributed by atoms with Gasteiger partial charge in [0.1, 0.15) is 0 Å². The average molecular weight is 283 g/mol. The van der Waals surface area contributed by atoms with Crippen LogP contribution in [-0.4, -0.2) is 43.0 Å². The molecule has 1 aliphatic heterocycles. The van der Waals surface area contributed by atoms with Crippen molar-refractivity contribution in [1.29, 1.82) is 0 Å². The number of pyridine rings is 1. The van der Waals surface area contributed by atoms with Crippen molar-refractivity contribution >= 4 is 22.5 Å². The van der Waals surface area contributed by atoms with Crippen LogP contribution >= 0.6 is 0 Å². The Kier molecular flexibility index (Phi) is 3.78. The van der Waals surface area contributed by atoms with E-state index in [1.165, 1.54) is 11.1 Å². The third-order valence-electron chi connectivity index (χ3n) is 4.25. The molecule has 0 N–H and O–H groups in total. The Morgan fingerprint density at radius 1 is 1.19 bits per heavy atom. The van der Waals surface area contributed by atoms with E-state index in [0.717, 1.165) is 31.4 Å². The number of amides is 1. The highest BCUT2D eigenvalue weighted by molar-refractivity contribution is 5.91. The number of nitrogens with zero attached hydrogens (tertiary/aromatic N) is 3. The van der Waals surface area contributed by atoms with Gasteiger partial charge in [0, 0.05) is 50.4 Å². The molecular weight excluding hydrogens is 262 g/mol. The highest BCUT2D eigenvalue weighted by Gasteiger charge is 2.26. The molecule has 0 unspecified atom stereocenters. The fourth-order valence-electron chi connectivity index (χ4n) is 3.09. The Hall–Kier alpha value is -2.10. The van der Waals surface area contributed by atoms with E-state index in [2.05, 4.69) is 28.1 Å². The molecule has 3 rings (SSSR count). The summed E-state index contributed by atoms with van der Waals surface area (Å²) in [7, 11) is 3.68. The Balaban J connectivity index is 1.79. The summed E-state index contributed by atoms with van der Waals surface area (Å²) < 4.78 is 0. The van der Waals surface area contributed by atoms with Crippen LogP contribution in [0.4, 0.5) is 5.69 Å². The number of carbonyl (C=O) groups excluding carboxylic acids is 1. The topological polar surface area (TPSA) is 36.4 Å². The summed E-state index contributed by atoms with van der Waals surface area (Å²) in [6.45, 7) is 1.86. The number of piperidine rings is 1. The van der Waals surface area contributed by atoms with Crippen LogP contribution < -0.4 is 4.90 Å². The largest absolute Gasteiger partial charge is 0.371 e. The van der Waals surface area contributed by atoms with Gasteiger partial charge in [-0.2, -0.15) is 0 Å². The van der Waals surface area contributed by atoms with E-state index in [1.54, 1.807) is 4.90 Å². The van der Waals surface area contributed by atoms with E-state index in [-0.39, 0.29) is 11.8 Å². The molecular formula is C17H21N3O. The number of aromatic nitrogens is 1. The van der Waals surface area contributed by atoms with E-state index < -0.39 is 0 Å². The maximum absolute atomic E-state index is 12.1. The molecule has 0 radical (unpaired) electrons. The third kappa shape index (κ3) is 2.71. The molecule has 2 heterocycles. The Morgan fingerprint density at radius 2 is 1.90 bits per heavy atom. The summed E-state index contributed by atoms with van der Waals surface area (Å²) in [4.78, 5) is 20.6. The van der Waals surface area contributed by atoms with Gasteiger partial charge in [0.2, 0.25) is 5.91 Å². The molecule has 1 aromatic carbocycles. The quantitative estimate of drug-likeness (QED) is 0.850. The first-order valence-corrected chi connectivity index (χ1v) is 7.46. The number of carbonyl (C=O) groups is 1. The molecule has 1 saturated heterocycles. The van der Waals surface area contributed by atoms with Gasteiger partial charge >= 0.3 is 0 Å². The average Bonchev–Trinajstić information content (AvgIpc) is 2.53. The lowest BCUT2D eigenvalue weighted by Gasteiger charge is -2.34. The second kappa shape index (κ2) is 5.72. The fourth-order valence-corrected chi connectivity index (χ4v) is 3.09. The minimum Gasteiger partial charge on any atom is -0.371 e. The zero-order valence-electron chi connectivity index (χ0n) is 12.6. The number of para-hydroxylation sites is 1. The van der Waals surface area contributed by atoms with Crippen molar-refractivity contribution in [2.45, 2.75) is 12.8 Å². The van der Waals surface area contributed by atoms with Crippen LogP contribution in [0.15, 0.2) is 36.5 Å². The molecule has 0 aliphatic carbocycles. The Morgan fingerprint density at radius 3 is 2.62 bits per heavy atom. The number of benzene rings is 1. The van der Waals surface area contributed by atoms with Gasteiger partial charge in [-0.1, -0.05) is 18.2 Å². The number of rotatable bonds is 2. The smallest absolute Gasteiger partial charge is 0.225 e. The zero-order chi connectivity index (χ0) is 14.8. The minimum absolute atomic E-state index is 0.171. The molecule has 110 valence electrons. The molecule has 4 heteroatoms.